The Hall–Kier alpha value is -2.76. The third-order valence-corrected chi connectivity index (χ3v) is 3.60. The van der Waals surface area contributed by atoms with Gasteiger partial charge in [0, 0.05) is 29.2 Å². The van der Waals surface area contributed by atoms with Gasteiger partial charge >= 0.3 is 5.97 Å². The molecule has 20 heavy (non-hydrogen) atoms. The fourth-order valence-electron chi connectivity index (χ4n) is 2.51. The minimum absolute atomic E-state index is 0.115. The topological polar surface area (TPSA) is 91.1 Å². The highest BCUT2D eigenvalue weighted by atomic mass is 16.4. The lowest BCUT2D eigenvalue weighted by Gasteiger charge is -2.01. The van der Waals surface area contributed by atoms with Crippen LogP contribution >= 0.6 is 0 Å². The van der Waals surface area contributed by atoms with Crippen LogP contribution in [-0.4, -0.2) is 30.9 Å². The number of benzene rings is 1. The highest BCUT2D eigenvalue weighted by Gasteiger charge is 2.21. The van der Waals surface area contributed by atoms with Crippen LogP contribution in [0.1, 0.15) is 16.1 Å². The molecule has 0 spiro atoms. The molecule has 0 unspecified atom stereocenters. The number of aromatic nitrogens is 3. The number of carbonyl (C=O) groups is 1. The van der Waals surface area contributed by atoms with E-state index in [0.29, 0.717) is 5.69 Å². The Balaban J connectivity index is 2.41. The Morgan fingerprint density at radius 3 is 2.85 bits per heavy atom. The number of rotatable bonds is 2. The number of nitrogens with one attached hydrogen (secondary N) is 1. The van der Waals surface area contributed by atoms with Crippen LogP contribution in [0.4, 0.5) is 0 Å². The highest BCUT2D eigenvalue weighted by molar-refractivity contribution is 6.03. The maximum Gasteiger partial charge on any atom is 0.339 e. The van der Waals surface area contributed by atoms with Crippen molar-refractivity contribution in [3.8, 4) is 17.0 Å². The van der Waals surface area contributed by atoms with Gasteiger partial charge in [0.05, 0.1) is 11.9 Å². The molecule has 3 N–H and O–H groups in total. The van der Waals surface area contributed by atoms with Gasteiger partial charge in [-0.05, 0) is 25.1 Å². The van der Waals surface area contributed by atoms with E-state index in [0.717, 1.165) is 22.2 Å². The van der Waals surface area contributed by atoms with Crippen molar-refractivity contribution >= 4 is 16.9 Å². The number of H-pyrrole nitrogens is 1. The van der Waals surface area contributed by atoms with Gasteiger partial charge in [-0.2, -0.15) is 5.10 Å². The number of aryl methyl sites for hydroxylation is 1. The van der Waals surface area contributed by atoms with Gasteiger partial charge in [-0.15, -0.1) is 0 Å². The fraction of sp³-hybridized carbons (Fsp3) is 0.143. The van der Waals surface area contributed by atoms with Gasteiger partial charge in [0.15, 0.2) is 0 Å². The van der Waals surface area contributed by atoms with Crippen LogP contribution in [0.25, 0.3) is 22.2 Å². The standard InChI is InChI=1S/C14H13N3O3/c1-7-12(13-10(14(19)20)6-15-16-13)9-5-8(18)3-4-11(9)17(7)2/h3-6,18H,1-2H3,(H,15,16)(H,19,20). The smallest absolute Gasteiger partial charge is 0.339 e. The number of aromatic hydroxyl groups is 1. The Kier molecular flexibility index (Phi) is 2.53. The van der Waals surface area contributed by atoms with Crippen LogP contribution in [0, 0.1) is 6.92 Å². The van der Waals surface area contributed by atoms with E-state index in [4.69, 9.17) is 0 Å². The zero-order chi connectivity index (χ0) is 14.4. The molecule has 0 saturated carbocycles. The van der Waals surface area contributed by atoms with Crippen molar-refractivity contribution in [3.05, 3.63) is 35.7 Å². The zero-order valence-electron chi connectivity index (χ0n) is 11.0. The molecule has 102 valence electrons. The first-order valence-electron chi connectivity index (χ1n) is 6.05. The van der Waals surface area contributed by atoms with Crippen LogP contribution in [0.5, 0.6) is 5.75 Å². The largest absolute Gasteiger partial charge is 0.508 e. The van der Waals surface area contributed by atoms with E-state index in [1.807, 2.05) is 18.5 Å². The molecule has 2 aromatic heterocycles. The number of phenolic OH excluding ortho intramolecular Hbond substituents is 1. The monoisotopic (exact) mass is 271 g/mol. The lowest BCUT2D eigenvalue weighted by atomic mass is 10.0. The number of carboxylic acid groups (broad SMARTS) is 1. The normalized spacial score (nSPS) is 11.1. The third-order valence-electron chi connectivity index (χ3n) is 3.60. The van der Waals surface area contributed by atoms with Crippen molar-refractivity contribution in [1.29, 1.82) is 0 Å². The molecule has 3 aromatic rings. The Morgan fingerprint density at radius 1 is 1.40 bits per heavy atom. The van der Waals surface area contributed by atoms with E-state index < -0.39 is 5.97 Å². The average Bonchev–Trinajstić information content (AvgIpc) is 2.95. The first-order valence-corrected chi connectivity index (χ1v) is 6.05. The number of aromatic carboxylic acids is 1. The summed E-state index contributed by atoms with van der Waals surface area (Å²) < 4.78 is 1.95. The summed E-state index contributed by atoms with van der Waals surface area (Å²) in [5.41, 5.74) is 3.13. The second-order valence-electron chi connectivity index (χ2n) is 4.68. The van der Waals surface area contributed by atoms with E-state index in [2.05, 4.69) is 10.2 Å². The summed E-state index contributed by atoms with van der Waals surface area (Å²) >= 11 is 0. The summed E-state index contributed by atoms with van der Waals surface area (Å²) in [6.07, 6.45) is 1.29. The third kappa shape index (κ3) is 1.58. The minimum Gasteiger partial charge on any atom is -0.508 e. The number of phenols is 1. The molecule has 0 saturated heterocycles. The van der Waals surface area contributed by atoms with Gasteiger partial charge in [-0.25, -0.2) is 4.79 Å². The number of hydrogen-bond acceptors (Lipinski definition) is 3. The lowest BCUT2D eigenvalue weighted by molar-refractivity contribution is 0.0698. The molecule has 0 fully saturated rings. The molecule has 0 atom stereocenters. The minimum atomic E-state index is -1.04. The zero-order valence-corrected chi connectivity index (χ0v) is 11.0. The van der Waals surface area contributed by atoms with E-state index in [9.17, 15) is 15.0 Å². The van der Waals surface area contributed by atoms with Crippen LogP contribution in [0.15, 0.2) is 24.4 Å². The first-order chi connectivity index (χ1) is 9.50. The van der Waals surface area contributed by atoms with Crippen LogP contribution in [0.2, 0.25) is 0 Å². The second-order valence-corrected chi connectivity index (χ2v) is 4.68. The Morgan fingerprint density at radius 2 is 2.15 bits per heavy atom. The molecule has 6 heteroatoms. The van der Waals surface area contributed by atoms with Gasteiger partial charge < -0.3 is 14.8 Å². The van der Waals surface area contributed by atoms with E-state index in [-0.39, 0.29) is 11.3 Å². The highest BCUT2D eigenvalue weighted by Crippen LogP contribution is 2.36. The molecule has 0 aliphatic heterocycles. The Labute approximate surface area is 114 Å². The van der Waals surface area contributed by atoms with Gasteiger partial charge in [-0.3, -0.25) is 5.10 Å². The summed E-state index contributed by atoms with van der Waals surface area (Å²) in [4.78, 5) is 11.3. The predicted octanol–water partition coefficient (Wildman–Crippen LogP) is 2.28. The molecular formula is C14H13N3O3. The molecule has 0 bridgehead atoms. The van der Waals surface area contributed by atoms with E-state index in [1.165, 1.54) is 6.20 Å². The van der Waals surface area contributed by atoms with Gasteiger partial charge in [-0.1, -0.05) is 0 Å². The summed E-state index contributed by atoms with van der Waals surface area (Å²) in [6, 6.07) is 5.04. The maximum absolute atomic E-state index is 11.3. The average molecular weight is 271 g/mol. The molecule has 2 heterocycles. The number of nitrogens with zero attached hydrogens (tertiary/aromatic N) is 2. The van der Waals surface area contributed by atoms with Crippen molar-refractivity contribution in [3.63, 3.8) is 0 Å². The lowest BCUT2D eigenvalue weighted by Crippen LogP contribution is -1.98. The number of hydrogen-bond donors (Lipinski definition) is 3. The Bertz CT molecular complexity index is 830. The summed E-state index contributed by atoms with van der Waals surface area (Å²) in [5.74, 6) is -0.897. The number of carboxylic acids is 1. The fourth-order valence-corrected chi connectivity index (χ4v) is 2.51. The SMILES string of the molecule is Cc1c(-c2[nH]ncc2C(=O)O)c2cc(O)ccc2n1C. The quantitative estimate of drug-likeness (QED) is 0.666. The summed E-state index contributed by atoms with van der Waals surface area (Å²) in [7, 11) is 1.90. The molecule has 0 aliphatic carbocycles. The number of aromatic amines is 1. The van der Waals surface area contributed by atoms with E-state index in [1.54, 1.807) is 18.2 Å². The van der Waals surface area contributed by atoms with Crippen LogP contribution in [0.3, 0.4) is 0 Å². The van der Waals surface area contributed by atoms with Crippen LogP contribution in [-0.2, 0) is 7.05 Å². The first kappa shape index (κ1) is 12.3. The molecule has 6 nitrogen and oxygen atoms in total. The molecular weight excluding hydrogens is 258 g/mol. The summed E-state index contributed by atoms with van der Waals surface area (Å²) in [6.45, 7) is 1.90. The van der Waals surface area contributed by atoms with Crippen molar-refractivity contribution in [2.24, 2.45) is 7.05 Å². The van der Waals surface area contributed by atoms with Gasteiger partial charge in [0.1, 0.15) is 11.3 Å². The molecule has 0 radical (unpaired) electrons. The number of fused-ring (bicyclic) bond motifs is 1. The molecule has 1 aromatic carbocycles. The second kappa shape index (κ2) is 4.12. The maximum atomic E-state index is 11.3. The van der Waals surface area contributed by atoms with Crippen molar-refractivity contribution in [2.45, 2.75) is 6.92 Å². The van der Waals surface area contributed by atoms with Crippen molar-refractivity contribution < 1.29 is 15.0 Å². The summed E-state index contributed by atoms with van der Waals surface area (Å²) in [5, 5.41) is 26.3. The molecule has 3 rings (SSSR count). The molecule has 0 aliphatic rings. The van der Waals surface area contributed by atoms with Crippen molar-refractivity contribution in [1.82, 2.24) is 14.8 Å². The van der Waals surface area contributed by atoms with E-state index >= 15 is 0 Å². The molecule has 0 amide bonds. The van der Waals surface area contributed by atoms with Gasteiger partial charge in [0.25, 0.3) is 0 Å². The van der Waals surface area contributed by atoms with Crippen molar-refractivity contribution in [2.75, 3.05) is 0 Å². The van der Waals surface area contributed by atoms with Crippen LogP contribution < -0.4 is 0 Å². The van der Waals surface area contributed by atoms with Gasteiger partial charge in [0.2, 0.25) is 0 Å². The predicted molar refractivity (Wildman–Crippen MR) is 73.9 cm³/mol.